The predicted octanol–water partition coefficient (Wildman–Crippen LogP) is 1.76. The van der Waals surface area contributed by atoms with Crippen molar-refractivity contribution in [1.82, 2.24) is 20.0 Å². The fourth-order valence-corrected chi connectivity index (χ4v) is 3.75. The van der Waals surface area contributed by atoms with Gasteiger partial charge in [-0.25, -0.2) is 4.79 Å². The maximum atomic E-state index is 12.9. The zero-order valence-electron chi connectivity index (χ0n) is 15.6. The SMILES string of the molecule is CCCCCNC(=O)N1CCCN(C(=O)C2(C)CCN(C)C2)CC1. The first kappa shape index (κ1) is 19.0. The number of nitrogens with one attached hydrogen (secondary N) is 1. The van der Waals surface area contributed by atoms with Gasteiger partial charge in [0.1, 0.15) is 0 Å². The van der Waals surface area contributed by atoms with Crippen LogP contribution in [0.4, 0.5) is 4.79 Å². The number of unbranched alkanes of at least 4 members (excludes halogenated alkanes) is 2. The van der Waals surface area contributed by atoms with Crippen LogP contribution in [0, 0.1) is 5.41 Å². The lowest BCUT2D eigenvalue weighted by Crippen LogP contribution is -2.46. The van der Waals surface area contributed by atoms with Crippen LogP contribution in [0.2, 0.25) is 0 Å². The molecule has 6 heteroatoms. The first-order chi connectivity index (χ1) is 11.5. The number of nitrogens with zero attached hydrogens (tertiary/aromatic N) is 3. The van der Waals surface area contributed by atoms with E-state index in [9.17, 15) is 9.59 Å². The number of hydrogen-bond donors (Lipinski definition) is 1. The smallest absolute Gasteiger partial charge is 0.317 e. The van der Waals surface area contributed by atoms with E-state index in [1.807, 2.05) is 9.80 Å². The van der Waals surface area contributed by atoms with Gasteiger partial charge in [0.2, 0.25) is 5.91 Å². The Labute approximate surface area is 146 Å². The Morgan fingerprint density at radius 1 is 1.04 bits per heavy atom. The minimum atomic E-state index is -0.258. The second kappa shape index (κ2) is 8.70. The molecule has 2 aliphatic rings. The van der Waals surface area contributed by atoms with Crippen LogP contribution in [0.1, 0.15) is 46.0 Å². The van der Waals surface area contributed by atoms with Crippen LogP contribution in [0.3, 0.4) is 0 Å². The monoisotopic (exact) mass is 338 g/mol. The van der Waals surface area contributed by atoms with E-state index in [-0.39, 0.29) is 17.4 Å². The maximum absolute atomic E-state index is 12.9. The zero-order valence-corrected chi connectivity index (χ0v) is 15.6. The highest BCUT2D eigenvalue weighted by Crippen LogP contribution is 2.31. The second-order valence-corrected chi connectivity index (χ2v) is 7.62. The van der Waals surface area contributed by atoms with Crippen LogP contribution in [0.15, 0.2) is 0 Å². The summed E-state index contributed by atoms with van der Waals surface area (Å²) in [7, 11) is 2.07. The van der Waals surface area contributed by atoms with E-state index >= 15 is 0 Å². The van der Waals surface area contributed by atoms with Crippen molar-refractivity contribution in [2.24, 2.45) is 5.41 Å². The molecule has 0 aliphatic carbocycles. The zero-order chi connectivity index (χ0) is 17.6. The quantitative estimate of drug-likeness (QED) is 0.777. The summed E-state index contributed by atoms with van der Waals surface area (Å²) in [6, 6.07) is 0.0206. The van der Waals surface area contributed by atoms with Crippen molar-refractivity contribution in [3.8, 4) is 0 Å². The molecule has 0 aromatic rings. The van der Waals surface area contributed by atoms with Gasteiger partial charge in [0, 0.05) is 39.3 Å². The number of likely N-dealkylation sites (tertiary alicyclic amines) is 1. The molecule has 1 N–H and O–H groups in total. The highest BCUT2D eigenvalue weighted by molar-refractivity contribution is 5.83. The summed E-state index contributed by atoms with van der Waals surface area (Å²) in [4.78, 5) is 31.2. The molecule has 0 aromatic heterocycles. The van der Waals surface area contributed by atoms with Crippen LogP contribution in [0.5, 0.6) is 0 Å². The summed E-state index contributed by atoms with van der Waals surface area (Å²) in [5.41, 5.74) is -0.258. The molecule has 0 radical (unpaired) electrons. The predicted molar refractivity (Wildman–Crippen MR) is 95.9 cm³/mol. The second-order valence-electron chi connectivity index (χ2n) is 7.62. The lowest BCUT2D eigenvalue weighted by Gasteiger charge is -2.31. The van der Waals surface area contributed by atoms with E-state index < -0.39 is 0 Å². The maximum Gasteiger partial charge on any atom is 0.317 e. The molecular formula is C18H34N4O2. The van der Waals surface area contributed by atoms with Crippen LogP contribution >= 0.6 is 0 Å². The lowest BCUT2D eigenvalue weighted by atomic mass is 9.88. The molecule has 3 amide bonds. The molecule has 2 saturated heterocycles. The Morgan fingerprint density at radius 3 is 2.42 bits per heavy atom. The van der Waals surface area contributed by atoms with Gasteiger partial charge >= 0.3 is 6.03 Å². The number of hydrogen-bond acceptors (Lipinski definition) is 3. The molecule has 0 bridgehead atoms. The van der Waals surface area contributed by atoms with Crippen molar-refractivity contribution in [3.05, 3.63) is 0 Å². The summed E-state index contributed by atoms with van der Waals surface area (Å²) >= 11 is 0. The molecule has 1 atom stereocenters. The van der Waals surface area contributed by atoms with Gasteiger partial charge in [0.05, 0.1) is 5.41 Å². The van der Waals surface area contributed by atoms with Gasteiger partial charge in [-0.15, -0.1) is 0 Å². The molecule has 0 saturated carbocycles. The van der Waals surface area contributed by atoms with Gasteiger partial charge in [-0.2, -0.15) is 0 Å². The minimum Gasteiger partial charge on any atom is -0.340 e. The largest absolute Gasteiger partial charge is 0.340 e. The molecule has 6 nitrogen and oxygen atoms in total. The Bertz CT molecular complexity index is 443. The minimum absolute atomic E-state index is 0.0206. The highest BCUT2D eigenvalue weighted by atomic mass is 16.2. The standard InChI is InChI=1S/C18H34N4O2/c1-4-5-6-9-19-17(24)22-11-7-10-21(13-14-22)16(23)18(2)8-12-20(3)15-18/h4-15H2,1-3H3,(H,19,24). The van der Waals surface area contributed by atoms with Crippen LogP contribution in [-0.4, -0.2) is 79.5 Å². The Kier molecular flexibility index (Phi) is 6.90. The van der Waals surface area contributed by atoms with E-state index in [4.69, 9.17) is 0 Å². The Balaban J connectivity index is 1.81. The lowest BCUT2D eigenvalue weighted by molar-refractivity contribution is -0.140. The van der Waals surface area contributed by atoms with Crippen LogP contribution < -0.4 is 5.32 Å². The van der Waals surface area contributed by atoms with Crippen molar-refractivity contribution in [2.45, 2.75) is 46.0 Å². The van der Waals surface area contributed by atoms with Gasteiger partial charge < -0.3 is 20.0 Å². The third kappa shape index (κ3) is 4.85. The first-order valence-corrected chi connectivity index (χ1v) is 9.47. The normalized spacial score (nSPS) is 25.6. The van der Waals surface area contributed by atoms with Gasteiger partial charge in [0.15, 0.2) is 0 Å². The topological polar surface area (TPSA) is 55.9 Å². The molecule has 0 aromatic carbocycles. The average Bonchev–Trinajstić information content (AvgIpc) is 2.78. The van der Waals surface area contributed by atoms with E-state index in [0.717, 1.165) is 64.8 Å². The van der Waals surface area contributed by atoms with Gasteiger partial charge in [-0.1, -0.05) is 19.8 Å². The fraction of sp³-hybridized carbons (Fsp3) is 0.889. The molecule has 2 fully saturated rings. The highest BCUT2D eigenvalue weighted by Gasteiger charge is 2.41. The molecule has 2 heterocycles. The number of amides is 3. The number of urea groups is 1. The van der Waals surface area contributed by atoms with Gasteiger partial charge in [-0.05, 0) is 39.8 Å². The molecule has 2 aliphatic heterocycles. The van der Waals surface area contributed by atoms with E-state index in [0.29, 0.717) is 13.1 Å². The van der Waals surface area contributed by atoms with Gasteiger partial charge in [-0.3, -0.25) is 4.79 Å². The van der Waals surface area contributed by atoms with Crippen molar-refractivity contribution in [3.63, 3.8) is 0 Å². The summed E-state index contributed by atoms with van der Waals surface area (Å²) in [6.07, 6.45) is 5.13. The molecule has 0 spiro atoms. The van der Waals surface area contributed by atoms with E-state index in [1.54, 1.807) is 0 Å². The fourth-order valence-electron chi connectivity index (χ4n) is 3.75. The number of carbonyl (C=O) groups excluding carboxylic acids is 2. The van der Waals surface area contributed by atoms with Gasteiger partial charge in [0.25, 0.3) is 0 Å². The van der Waals surface area contributed by atoms with Crippen molar-refractivity contribution in [2.75, 3.05) is 52.9 Å². The van der Waals surface area contributed by atoms with Crippen LogP contribution in [-0.2, 0) is 4.79 Å². The van der Waals surface area contributed by atoms with Crippen molar-refractivity contribution in [1.29, 1.82) is 0 Å². The first-order valence-electron chi connectivity index (χ1n) is 9.47. The number of rotatable bonds is 5. The summed E-state index contributed by atoms with van der Waals surface area (Å²) < 4.78 is 0. The third-order valence-electron chi connectivity index (χ3n) is 5.31. The van der Waals surface area contributed by atoms with Crippen molar-refractivity contribution >= 4 is 11.9 Å². The molecule has 2 rings (SSSR count). The summed E-state index contributed by atoms with van der Waals surface area (Å²) in [5, 5.41) is 3.00. The summed E-state index contributed by atoms with van der Waals surface area (Å²) in [5.74, 6) is 0.261. The third-order valence-corrected chi connectivity index (χ3v) is 5.31. The van der Waals surface area contributed by atoms with Crippen LogP contribution in [0.25, 0.3) is 0 Å². The summed E-state index contributed by atoms with van der Waals surface area (Å²) in [6.45, 7) is 9.60. The van der Waals surface area contributed by atoms with E-state index in [2.05, 4.69) is 31.1 Å². The Hall–Kier alpha value is -1.30. The van der Waals surface area contributed by atoms with Crippen molar-refractivity contribution < 1.29 is 9.59 Å². The molecule has 138 valence electrons. The average molecular weight is 338 g/mol. The van der Waals surface area contributed by atoms with E-state index in [1.165, 1.54) is 0 Å². The molecule has 24 heavy (non-hydrogen) atoms. The molecule has 1 unspecified atom stereocenters. The number of carbonyl (C=O) groups is 2. The Morgan fingerprint density at radius 2 is 1.75 bits per heavy atom. The molecular weight excluding hydrogens is 304 g/mol.